The first-order valence-electron chi connectivity index (χ1n) is 5.90. The quantitative estimate of drug-likeness (QED) is 0.899. The molecule has 1 aromatic rings. The summed E-state index contributed by atoms with van der Waals surface area (Å²) in [5, 5.41) is 7.03. The van der Waals surface area contributed by atoms with Crippen LogP contribution in [-0.2, 0) is 5.54 Å². The van der Waals surface area contributed by atoms with E-state index in [0.717, 1.165) is 0 Å². The van der Waals surface area contributed by atoms with E-state index in [4.69, 9.17) is 4.98 Å². The van der Waals surface area contributed by atoms with Gasteiger partial charge in [0.2, 0.25) is 0 Å². The van der Waals surface area contributed by atoms with Crippen LogP contribution >= 0.6 is 23.1 Å². The van der Waals surface area contributed by atoms with Crippen LogP contribution < -0.4 is 5.32 Å². The molecule has 1 aromatic heterocycles. The van der Waals surface area contributed by atoms with Crippen molar-refractivity contribution < 1.29 is 0 Å². The Kier molecular flexibility index (Phi) is 3.93. The van der Waals surface area contributed by atoms with Crippen LogP contribution in [0.4, 0.5) is 0 Å². The van der Waals surface area contributed by atoms with Crippen molar-refractivity contribution >= 4 is 23.1 Å². The molecule has 0 aromatic carbocycles. The summed E-state index contributed by atoms with van der Waals surface area (Å²) in [5.74, 6) is 3.03. The number of hydrogen-bond donors (Lipinski definition) is 1. The van der Waals surface area contributed by atoms with Crippen LogP contribution in [0.15, 0.2) is 5.38 Å². The highest BCUT2D eigenvalue weighted by Gasteiger charge is 2.35. The van der Waals surface area contributed by atoms with Gasteiger partial charge in [-0.1, -0.05) is 13.8 Å². The Hall–Kier alpha value is -0.0600. The minimum atomic E-state index is 0.156. The standard InChI is InChI=1S/C12H20N2S2/c1-9(2)10-8-16-11(14-10)12(13-3)4-6-15-7-5-12/h8-9,13H,4-7H2,1-3H3. The van der Waals surface area contributed by atoms with Crippen molar-refractivity contribution in [2.75, 3.05) is 18.6 Å². The highest BCUT2D eigenvalue weighted by Crippen LogP contribution is 2.37. The maximum atomic E-state index is 4.82. The Labute approximate surface area is 106 Å². The maximum Gasteiger partial charge on any atom is 0.113 e. The number of thiazole rings is 1. The maximum absolute atomic E-state index is 4.82. The first kappa shape index (κ1) is 12.4. The van der Waals surface area contributed by atoms with E-state index in [2.05, 4.69) is 43.4 Å². The number of rotatable bonds is 3. The highest BCUT2D eigenvalue weighted by atomic mass is 32.2. The van der Waals surface area contributed by atoms with Crippen molar-refractivity contribution in [2.45, 2.75) is 38.1 Å². The van der Waals surface area contributed by atoms with E-state index in [-0.39, 0.29) is 5.54 Å². The topological polar surface area (TPSA) is 24.9 Å². The molecule has 90 valence electrons. The minimum Gasteiger partial charge on any atom is -0.308 e. The number of thioether (sulfide) groups is 1. The van der Waals surface area contributed by atoms with Gasteiger partial charge in [-0.25, -0.2) is 4.98 Å². The molecule has 1 aliphatic rings. The van der Waals surface area contributed by atoms with Gasteiger partial charge in [0.05, 0.1) is 11.2 Å². The summed E-state index contributed by atoms with van der Waals surface area (Å²) in [5.41, 5.74) is 1.40. The van der Waals surface area contributed by atoms with Gasteiger partial charge in [0.15, 0.2) is 0 Å². The zero-order chi connectivity index (χ0) is 11.6. The fraction of sp³-hybridized carbons (Fsp3) is 0.750. The van der Waals surface area contributed by atoms with Crippen molar-refractivity contribution in [3.8, 4) is 0 Å². The summed E-state index contributed by atoms with van der Waals surface area (Å²) in [6.07, 6.45) is 2.42. The Morgan fingerprint density at radius 1 is 1.38 bits per heavy atom. The smallest absolute Gasteiger partial charge is 0.113 e. The summed E-state index contributed by atoms with van der Waals surface area (Å²) >= 11 is 3.88. The molecule has 16 heavy (non-hydrogen) atoms. The van der Waals surface area contributed by atoms with Crippen LogP contribution in [0.3, 0.4) is 0 Å². The van der Waals surface area contributed by atoms with E-state index in [0.29, 0.717) is 5.92 Å². The van der Waals surface area contributed by atoms with Gasteiger partial charge in [0.25, 0.3) is 0 Å². The molecule has 1 N–H and O–H groups in total. The van der Waals surface area contributed by atoms with Crippen molar-refractivity contribution in [1.82, 2.24) is 10.3 Å². The second-order valence-electron chi connectivity index (χ2n) is 4.68. The van der Waals surface area contributed by atoms with Gasteiger partial charge in [-0.05, 0) is 37.3 Å². The van der Waals surface area contributed by atoms with Gasteiger partial charge in [-0.3, -0.25) is 0 Å². The van der Waals surface area contributed by atoms with E-state index >= 15 is 0 Å². The third-order valence-corrected chi connectivity index (χ3v) is 5.40. The summed E-state index contributed by atoms with van der Waals surface area (Å²) in [6, 6.07) is 0. The summed E-state index contributed by atoms with van der Waals surface area (Å²) in [7, 11) is 2.08. The molecule has 0 atom stereocenters. The van der Waals surface area contributed by atoms with E-state index in [9.17, 15) is 0 Å². The average molecular weight is 256 g/mol. The van der Waals surface area contributed by atoms with Crippen LogP contribution in [0, 0.1) is 0 Å². The number of hydrogen-bond acceptors (Lipinski definition) is 4. The van der Waals surface area contributed by atoms with Gasteiger partial charge in [-0.2, -0.15) is 11.8 Å². The molecule has 2 nitrogen and oxygen atoms in total. The highest BCUT2D eigenvalue weighted by molar-refractivity contribution is 7.99. The van der Waals surface area contributed by atoms with Crippen LogP contribution in [0.1, 0.15) is 43.3 Å². The molecule has 0 bridgehead atoms. The Balaban J connectivity index is 2.25. The summed E-state index contributed by atoms with van der Waals surface area (Å²) in [4.78, 5) is 4.82. The molecule has 0 amide bonds. The van der Waals surface area contributed by atoms with Gasteiger partial charge in [-0.15, -0.1) is 11.3 Å². The third-order valence-electron chi connectivity index (χ3n) is 3.35. The fourth-order valence-electron chi connectivity index (χ4n) is 2.06. The molecule has 0 unspecified atom stereocenters. The second-order valence-corrected chi connectivity index (χ2v) is 6.76. The predicted molar refractivity (Wildman–Crippen MR) is 73.5 cm³/mol. The normalized spacial score (nSPS) is 20.2. The molecule has 1 aliphatic heterocycles. The van der Waals surface area contributed by atoms with Gasteiger partial charge in [0.1, 0.15) is 5.01 Å². The SMILES string of the molecule is CNC1(c2nc(C(C)C)cs2)CCSCC1. The van der Waals surface area contributed by atoms with Crippen molar-refractivity contribution in [2.24, 2.45) is 0 Å². The zero-order valence-corrected chi connectivity index (χ0v) is 11.9. The molecule has 0 spiro atoms. The van der Waals surface area contributed by atoms with Gasteiger partial charge >= 0.3 is 0 Å². The molecular weight excluding hydrogens is 236 g/mol. The van der Waals surface area contributed by atoms with E-state index in [1.54, 1.807) is 0 Å². The van der Waals surface area contributed by atoms with E-state index in [1.807, 2.05) is 11.3 Å². The number of nitrogens with zero attached hydrogens (tertiary/aromatic N) is 1. The van der Waals surface area contributed by atoms with Gasteiger partial charge in [0, 0.05) is 5.38 Å². The lowest BCUT2D eigenvalue weighted by atomic mass is 9.93. The Bertz CT molecular complexity index is 341. The molecule has 2 rings (SSSR count). The van der Waals surface area contributed by atoms with Crippen LogP contribution in [0.5, 0.6) is 0 Å². The number of aromatic nitrogens is 1. The van der Waals surface area contributed by atoms with E-state index in [1.165, 1.54) is 35.0 Å². The predicted octanol–water partition coefficient (Wildman–Crippen LogP) is 3.21. The Morgan fingerprint density at radius 2 is 2.06 bits per heavy atom. The van der Waals surface area contributed by atoms with Crippen LogP contribution in [-0.4, -0.2) is 23.5 Å². The second kappa shape index (κ2) is 5.07. The molecule has 0 aliphatic carbocycles. The van der Waals surface area contributed by atoms with Crippen molar-refractivity contribution in [3.63, 3.8) is 0 Å². The lowest BCUT2D eigenvalue weighted by molar-refractivity contribution is 0.331. The molecule has 2 heterocycles. The molecular formula is C12H20N2S2. The lowest BCUT2D eigenvalue weighted by Gasteiger charge is -2.35. The molecule has 0 saturated carbocycles. The first-order chi connectivity index (χ1) is 7.68. The van der Waals surface area contributed by atoms with Crippen molar-refractivity contribution in [3.05, 3.63) is 16.1 Å². The largest absolute Gasteiger partial charge is 0.308 e. The summed E-state index contributed by atoms with van der Waals surface area (Å²) in [6.45, 7) is 4.42. The first-order valence-corrected chi connectivity index (χ1v) is 7.94. The fourth-order valence-corrected chi connectivity index (χ4v) is 4.50. The van der Waals surface area contributed by atoms with Crippen molar-refractivity contribution in [1.29, 1.82) is 0 Å². The molecule has 1 fully saturated rings. The van der Waals surface area contributed by atoms with Crippen LogP contribution in [0.2, 0.25) is 0 Å². The Morgan fingerprint density at radius 3 is 2.56 bits per heavy atom. The lowest BCUT2D eigenvalue weighted by Crippen LogP contribution is -2.43. The number of nitrogens with one attached hydrogen (secondary N) is 1. The molecule has 4 heteroatoms. The minimum absolute atomic E-state index is 0.156. The molecule has 1 saturated heterocycles. The summed E-state index contributed by atoms with van der Waals surface area (Å²) < 4.78 is 0. The zero-order valence-electron chi connectivity index (χ0n) is 10.2. The third kappa shape index (κ3) is 2.29. The van der Waals surface area contributed by atoms with Crippen LogP contribution in [0.25, 0.3) is 0 Å². The van der Waals surface area contributed by atoms with Gasteiger partial charge < -0.3 is 5.32 Å². The average Bonchev–Trinajstić information content (AvgIpc) is 2.80. The monoisotopic (exact) mass is 256 g/mol. The van der Waals surface area contributed by atoms with E-state index < -0.39 is 0 Å². The molecule has 0 radical (unpaired) electrons.